The first-order valence-corrected chi connectivity index (χ1v) is 7.68. The molecule has 0 spiro atoms. The average molecular weight is 311 g/mol. The number of aromatic nitrogens is 2. The smallest absolute Gasteiger partial charge is 0.151 e. The Labute approximate surface area is 134 Å². The van der Waals surface area contributed by atoms with E-state index in [-0.39, 0.29) is 11.6 Å². The summed E-state index contributed by atoms with van der Waals surface area (Å²) in [6, 6.07) is 10.6. The Bertz CT molecular complexity index is 723. The molecule has 3 rings (SSSR count). The van der Waals surface area contributed by atoms with Crippen molar-refractivity contribution in [2.24, 2.45) is 0 Å². The molecule has 0 saturated carbocycles. The van der Waals surface area contributed by atoms with E-state index in [1.807, 2.05) is 25.1 Å². The first-order chi connectivity index (χ1) is 11.2. The van der Waals surface area contributed by atoms with Crippen LogP contribution in [0.25, 0.3) is 0 Å². The molecule has 1 atom stereocenters. The van der Waals surface area contributed by atoms with Gasteiger partial charge in [0.25, 0.3) is 0 Å². The van der Waals surface area contributed by atoms with Crippen LogP contribution in [0.4, 0.5) is 15.9 Å². The summed E-state index contributed by atoms with van der Waals surface area (Å²) >= 11 is 0. The van der Waals surface area contributed by atoms with Gasteiger partial charge in [-0.1, -0.05) is 6.07 Å². The number of halogens is 1. The first kappa shape index (κ1) is 15.2. The second-order valence-electron chi connectivity index (χ2n) is 5.74. The van der Waals surface area contributed by atoms with Gasteiger partial charge in [-0.05, 0) is 44.0 Å². The summed E-state index contributed by atoms with van der Waals surface area (Å²) in [4.78, 5) is 2.17. The summed E-state index contributed by atoms with van der Waals surface area (Å²) in [5.41, 5.74) is 1.51. The maximum absolute atomic E-state index is 13.7. The maximum Gasteiger partial charge on any atom is 0.151 e. The third-order valence-electron chi connectivity index (χ3n) is 4.01. The molecule has 2 heterocycles. The van der Waals surface area contributed by atoms with Gasteiger partial charge in [0.15, 0.2) is 5.82 Å². The largest absolute Gasteiger partial charge is 0.379 e. The monoisotopic (exact) mass is 311 g/mol. The molecule has 118 valence electrons. The SMILES string of the molecule is Cc1ccc(N2CCC[C@@H](Nc3cccc(F)c3C#N)C2)nn1. The zero-order chi connectivity index (χ0) is 16.2. The van der Waals surface area contributed by atoms with Gasteiger partial charge in [-0.25, -0.2) is 4.39 Å². The third-order valence-corrected chi connectivity index (χ3v) is 4.01. The summed E-state index contributed by atoms with van der Waals surface area (Å²) in [5.74, 6) is 0.358. The highest BCUT2D eigenvalue weighted by molar-refractivity contribution is 5.58. The molecule has 1 aliphatic rings. The fourth-order valence-corrected chi connectivity index (χ4v) is 2.84. The van der Waals surface area contributed by atoms with Crippen molar-refractivity contribution >= 4 is 11.5 Å². The second kappa shape index (κ2) is 6.61. The molecule has 1 aliphatic heterocycles. The zero-order valence-corrected chi connectivity index (χ0v) is 13.0. The van der Waals surface area contributed by atoms with Gasteiger partial charge in [0.2, 0.25) is 0 Å². The molecule has 1 fully saturated rings. The number of rotatable bonds is 3. The predicted octanol–water partition coefficient (Wildman–Crippen LogP) is 2.88. The lowest BCUT2D eigenvalue weighted by molar-refractivity contribution is 0.524. The molecule has 23 heavy (non-hydrogen) atoms. The third kappa shape index (κ3) is 3.39. The van der Waals surface area contributed by atoms with E-state index < -0.39 is 5.82 Å². The van der Waals surface area contributed by atoms with Crippen molar-refractivity contribution in [1.82, 2.24) is 10.2 Å². The highest BCUT2D eigenvalue weighted by Crippen LogP contribution is 2.23. The van der Waals surface area contributed by atoms with Crippen LogP contribution >= 0.6 is 0 Å². The molecule has 0 amide bonds. The van der Waals surface area contributed by atoms with Gasteiger partial charge in [-0.2, -0.15) is 10.4 Å². The number of nitriles is 1. The summed E-state index contributed by atoms with van der Waals surface area (Å²) in [5, 5.41) is 20.8. The number of piperidine rings is 1. The van der Waals surface area contributed by atoms with Gasteiger partial charge in [0.1, 0.15) is 17.4 Å². The fraction of sp³-hybridized carbons (Fsp3) is 0.353. The van der Waals surface area contributed by atoms with E-state index in [0.29, 0.717) is 5.69 Å². The van der Waals surface area contributed by atoms with Crippen molar-refractivity contribution < 1.29 is 4.39 Å². The normalized spacial score (nSPS) is 17.6. The first-order valence-electron chi connectivity index (χ1n) is 7.68. The van der Waals surface area contributed by atoms with E-state index in [0.717, 1.165) is 37.4 Å². The topological polar surface area (TPSA) is 64.8 Å². The summed E-state index contributed by atoms with van der Waals surface area (Å²) < 4.78 is 13.7. The second-order valence-corrected chi connectivity index (χ2v) is 5.74. The number of nitrogens with zero attached hydrogens (tertiary/aromatic N) is 4. The molecule has 1 aromatic heterocycles. The van der Waals surface area contributed by atoms with Crippen molar-refractivity contribution in [3.8, 4) is 6.07 Å². The van der Waals surface area contributed by atoms with E-state index >= 15 is 0 Å². The number of hydrogen-bond donors (Lipinski definition) is 1. The lowest BCUT2D eigenvalue weighted by Gasteiger charge is -2.34. The van der Waals surface area contributed by atoms with Crippen LogP contribution in [0.15, 0.2) is 30.3 Å². The summed E-state index contributed by atoms with van der Waals surface area (Å²) in [6.07, 6.45) is 1.97. The molecule has 1 saturated heterocycles. The van der Waals surface area contributed by atoms with Crippen molar-refractivity contribution in [1.29, 1.82) is 5.26 Å². The predicted molar refractivity (Wildman–Crippen MR) is 86.7 cm³/mol. The Morgan fingerprint density at radius 3 is 2.91 bits per heavy atom. The molecule has 0 radical (unpaired) electrons. The minimum atomic E-state index is -0.491. The highest BCUT2D eigenvalue weighted by Gasteiger charge is 2.22. The Morgan fingerprint density at radius 1 is 1.30 bits per heavy atom. The number of anilines is 2. The summed E-state index contributed by atoms with van der Waals surface area (Å²) in [6.45, 7) is 3.58. The Kier molecular flexibility index (Phi) is 4.38. The van der Waals surface area contributed by atoms with Crippen LogP contribution in [-0.2, 0) is 0 Å². The molecule has 0 bridgehead atoms. The average Bonchev–Trinajstić information content (AvgIpc) is 2.56. The Balaban J connectivity index is 1.73. The summed E-state index contributed by atoms with van der Waals surface area (Å²) in [7, 11) is 0. The van der Waals surface area contributed by atoms with Gasteiger partial charge in [0, 0.05) is 19.1 Å². The molecular formula is C17H18FN5. The molecule has 2 aromatic rings. The van der Waals surface area contributed by atoms with Crippen LogP contribution in [0, 0.1) is 24.1 Å². The molecule has 0 unspecified atom stereocenters. The minimum absolute atomic E-state index is 0.0692. The Hall–Kier alpha value is -2.68. The fourth-order valence-electron chi connectivity index (χ4n) is 2.84. The molecule has 6 heteroatoms. The lowest BCUT2D eigenvalue weighted by Crippen LogP contribution is -2.42. The van der Waals surface area contributed by atoms with E-state index in [4.69, 9.17) is 5.26 Å². The van der Waals surface area contributed by atoms with Crippen LogP contribution in [0.2, 0.25) is 0 Å². The number of hydrogen-bond acceptors (Lipinski definition) is 5. The van der Waals surface area contributed by atoms with Crippen molar-refractivity contribution in [3.63, 3.8) is 0 Å². The molecule has 1 aromatic carbocycles. The van der Waals surface area contributed by atoms with Crippen LogP contribution in [0.1, 0.15) is 24.1 Å². The van der Waals surface area contributed by atoms with E-state index in [1.165, 1.54) is 6.07 Å². The van der Waals surface area contributed by atoms with Gasteiger partial charge >= 0.3 is 0 Å². The Morgan fingerprint density at radius 2 is 2.17 bits per heavy atom. The molecule has 1 N–H and O–H groups in total. The number of nitrogens with one attached hydrogen (secondary N) is 1. The van der Waals surface area contributed by atoms with Crippen molar-refractivity contribution in [2.45, 2.75) is 25.8 Å². The highest BCUT2D eigenvalue weighted by atomic mass is 19.1. The quantitative estimate of drug-likeness (QED) is 0.944. The van der Waals surface area contributed by atoms with E-state index in [1.54, 1.807) is 12.1 Å². The number of benzene rings is 1. The van der Waals surface area contributed by atoms with Crippen LogP contribution < -0.4 is 10.2 Å². The number of aryl methyl sites for hydroxylation is 1. The van der Waals surface area contributed by atoms with Gasteiger partial charge in [0.05, 0.1) is 11.4 Å². The van der Waals surface area contributed by atoms with Crippen LogP contribution in [0.3, 0.4) is 0 Å². The molecule has 5 nitrogen and oxygen atoms in total. The maximum atomic E-state index is 13.7. The zero-order valence-electron chi connectivity index (χ0n) is 13.0. The van der Waals surface area contributed by atoms with Crippen molar-refractivity contribution in [3.05, 3.63) is 47.4 Å². The molecular weight excluding hydrogens is 293 g/mol. The lowest BCUT2D eigenvalue weighted by atomic mass is 10.0. The molecule has 0 aliphatic carbocycles. The standard InChI is InChI=1S/C17H18FN5/c1-12-7-8-17(22-21-12)23-9-3-4-13(11-23)20-16-6-2-5-15(18)14(16)10-19/h2,5-8,13,20H,3-4,9,11H2,1H3/t13-/m1/s1. The van der Waals surface area contributed by atoms with Crippen molar-refractivity contribution in [2.75, 3.05) is 23.3 Å². The van der Waals surface area contributed by atoms with Crippen LogP contribution in [0.5, 0.6) is 0 Å². The van der Waals surface area contributed by atoms with E-state index in [9.17, 15) is 4.39 Å². The van der Waals surface area contributed by atoms with Crippen LogP contribution in [-0.4, -0.2) is 29.3 Å². The van der Waals surface area contributed by atoms with E-state index in [2.05, 4.69) is 20.4 Å². The van der Waals surface area contributed by atoms with Gasteiger partial charge < -0.3 is 10.2 Å². The minimum Gasteiger partial charge on any atom is -0.379 e. The van der Waals surface area contributed by atoms with Gasteiger partial charge in [-0.15, -0.1) is 5.10 Å². The van der Waals surface area contributed by atoms with Gasteiger partial charge in [-0.3, -0.25) is 0 Å².